The lowest BCUT2D eigenvalue weighted by molar-refractivity contribution is 0.0950. The zero-order valence-electron chi connectivity index (χ0n) is 12.2. The van der Waals surface area contributed by atoms with Crippen molar-refractivity contribution in [3.8, 4) is 16.9 Å². The zero-order valence-corrected chi connectivity index (χ0v) is 12.2. The second-order valence-corrected chi connectivity index (χ2v) is 4.97. The van der Waals surface area contributed by atoms with E-state index in [-0.39, 0.29) is 11.3 Å². The molecule has 0 fully saturated rings. The number of phenolic OH excluding ortho intramolecular Hbond substituents is 1. The molecule has 5 heteroatoms. The molecule has 0 saturated carbocycles. The fraction of sp³-hybridized carbons (Fsp3) is 0.235. The van der Waals surface area contributed by atoms with Crippen molar-refractivity contribution in [3.63, 3.8) is 0 Å². The first-order chi connectivity index (χ1) is 10.5. The monoisotopic (exact) mass is 305 g/mol. The fourth-order valence-corrected chi connectivity index (χ4v) is 2.05. The zero-order chi connectivity index (χ0) is 16.1. The van der Waals surface area contributed by atoms with Gasteiger partial charge in [-0.2, -0.15) is 0 Å². The van der Waals surface area contributed by atoms with Gasteiger partial charge in [0.25, 0.3) is 5.91 Å². The van der Waals surface area contributed by atoms with Crippen LogP contribution < -0.4 is 5.32 Å². The van der Waals surface area contributed by atoms with Gasteiger partial charge in [-0.05, 0) is 41.8 Å². The minimum Gasteiger partial charge on any atom is -0.507 e. The van der Waals surface area contributed by atoms with Crippen molar-refractivity contribution in [3.05, 3.63) is 53.6 Å². The maximum Gasteiger partial charge on any atom is 0.255 e. The Morgan fingerprint density at radius 2 is 1.77 bits per heavy atom. The number of nitrogens with one attached hydrogen (secondary N) is 1. The number of carbonyl (C=O) groups is 1. The van der Waals surface area contributed by atoms with Gasteiger partial charge in [-0.3, -0.25) is 4.79 Å². The van der Waals surface area contributed by atoms with Crippen LogP contribution in [0.2, 0.25) is 0 Å². The van der Waals surface area contributed by atoms with Crippen LogP contribution in [0.15, 0.2) is 36.4 Å². The molecule has 116 valence electrons. The Balaban J connectivity index is 2.29. The minimum absolute atomic E-state index is 0.110. The molecule has 3 nitrogen and oxygen atoms in total. The average molecular weight is 305 g/mol. The van der Waals surface area contributed by atoms with Gasteiger partial charge in [-0.15, -0.1) is 0 Å². The topological polar surface area (TPSA) is 49.3 Å². The van der Waals surface area contributed by atoms with E-state index < -0.39 is 17.5 Å². The Labute approximate surface area is 127 Å². The molecule has 0 radical (unpaired) electrons. The summed E-state index contributed by atoms with van der Waals surface area (Å²) < 4.78 is 26.3. The van der Waals surface area contributed by atoms with E-state index in [0.29, 0.717) is 17.7 Å². The molecule has 2 N–H and O–H groups in total. The highest BCUT2D eigenvalue weighted by atomic mass is 19.2. The van der Waals surface area contributed by atoms with Gasteiger partial charge in [-0.1, -0.05) is 25.5 Å². The lowest BCUT2D eigenvalue weighted by Gasteiger charge is -2.09. The summed E-state index contributed by atoms with van der Waals surface area (Å²) in [5.74, 6) is -2.43. The normalized spacial score (nSPS) is 10.5. The molecule has 1 amide bonds. The predicted molar refractivity (Wildman–Crippen MR) is 80.7 cm³/mol. The van der Waals surface area contributed by atoms with Crippen LogP contribution in [0, 0.1) is 11.6 Å². The van der Waals surface area contributed by atoms with E-state index in [9.17, 15) is 18.7 Å². The van der Waals surface area contributed by atoms with Gasteiger partial charge in [0, 0.05) is 6.54 Å². The van der Waals surface area contributed by atoms with E-state index >= 15 is 0 Å². The summed E-state index contributed by atoms with van der Waals surface area (Å²) in [6.07, 6.45) is 1.79. The second-order valence-electron chi connectivity index (χ2n) is 4.97. The van der Waals surface area contributed by atoms with Crippen LogP contribution in [0.3, 0.4) is 0 Å². The van der Waals surface area contributed by atoms with Crippen molar-refractivity contribution in [2.45, 2.75) is 19.8 Å². The third kappa shape index (κ3) is 3.61. The minimum atomic E-state index is -0.959. The molecule has 0 aromatic heterocycles. The number of halogens is 2. The first-order valence-electron chi connectivity index (χ1n) is 7.09. The van der Waals surface area contributed by atoms with Gasteiger partial charge in [0.15, 0.2) is 11.6 Å². The summed E-state index contributed by atoms with van der Waals surface area (Å²) in [6, 6.07) is 7.88. The number of benzene rings is 2. The van der Waals surface area contributed by atoms with Gasteiger partial charge in [0.2, 0.25) is 0 Å². The van der Waals surface area contributed by atoms with Gasteiger partial charge in [0.1, 0.15) is 5.75 Å². The van der Waals surface area contributed by atoms with Crippen LogP contribution in [0.25, 0.3) is 11.1 Å². The number of unbranched alkanes of at least 4 members (excludes halogenated alkanes) is 1. The Kier molecular flexibility index (Phi) is 5.09. The SMILES string of the molecule is CCCCNC(=O)c1cc(-c2ccc(F)c(F)c2)ccc1O. The summed E-state index contributed by atoms with van der Waals surface area (Å²) >= 11 is 0. The number of amides is 1. The molecule has 0 aliphatic heterocycles. The molecule has 0 spiro atoms. The maximum atomic E-state index is 13.3. The van der Waals surface area contributed by atoms with Gasteiger partial charge < -0.3 is 10.4 Å². The second kappa shape index (κ2) is 7.02. The van der Waals surface area contributed by atoms with Crippen LogP contribution in [0.5, 0.6) is 5.75 Å². The van der Waals surface area contributed by atoms with Crippen molar-refractivity contribution in [2.75, 3.05) is 6.54 Å². The third-order valence-corrected chi connectivity index (χ3v) is 3.31. The lowest BCUT2D eigenvalue weighted by Crippen LogP contribution is -2.24. The predicted octanol–water partition coefficient (Wildman–Crippen LogP) is 3.87. The van der Waals surface area contributed by atoms with Crippen LogP contribution in [-0.2, 0) is 0 Å². The van der Waals surface area contributed by atoms with Crippen molar-refractivity contribution in [1.82, 2.24) is 5.32 Å². The molecule has 0 heterocycles. The number of phenols is 1. The molecular weight excluding hydrogens is 288 g/mol. The van der Waals surface area contributed by atoms with Crippen LogP contribution in [-0.4, -0.2) is 17.6 Å². The number of aromatic hydroxyl groups is 1. The average Bonchev–Trinajstić information content (AvgIpc) is 2.50. The summed E-state index contributed by atoms with van der Waals surface area (Å²) in [5, 5.41) is 12.5. The molecule has 0 bridgehead atoms. The van der Waals surface area contributed by atoms with Crippen molar-refractivity contribution >= 4 is 5.91 Å². The lowest BCUT2D eigenvalue weighted by atomic mass is 10.0. The summed E-state index contributed by atoms with van der Waals surface area (Å²) in [6.45, 7) is 2.53. The summed E-state index contributed by atoms with van der Waals surface area (Å²) in [4.78, 5) is 12.0. The number of rotatable bonds is 5. The van der Waals surface area contributed by atoms with Crippen molar-refractivity contribution < 1.29 is 18.7 Å². The summed E-state index contributed by atoms with van der Waals surface area (Å²) in [5.41, 5.74) is 1.07. The molecule has 0 aliphatic rings. The number of hydrogen-bond donors (Lipinski definition) is 2. The van der Waals surface area contributed by atoms with E-state index in [0.717, 1.165) is 25.0 Å². The largest absolute Gasteiger partial charge is 0.507 e. The van der Waals surface area contributed by atoms with Gasteiger partial charge >= 0.3 is 0 Å². The molecule has 2 rings (SSSR count). The van der Waals surface area contributed by atoms with Crippen LogP contribution in [0.4, 0.5) is 8.78 Å². The van der Waals surface area contributed by atoms with Crippen LogP contribution >= 0.6 is 0 Å². The highest BCUT2D eigenvalue weighted by Gasteiger charge is 2.13. The summed E-state index contributed by atoms with van der Waals surface area (Å²) in [7, 11) is 0. The first-order valence-corrected chi connectivity index (χ1v) is 7.09. The Hall–Kier alpha value is -2.43. The molecule has 22 heavy (non-hydrogen) atoms. The molecule has 2 aromatic carbocycles. The third-order valence-electron chi connectivity index (χ3n) is 3.31. The van der Waals surface area contributed by atoms with E-state index in [1.54, 1.807) is 6.07 Å². The van der Waals surface area contributed by atoms with Crippen molar-refractivity contribution in [1.29, 1.82) is 0 Å². The Morgan fingerprint density at radius 1 is 1.09 bits per heavy atom. The molecule has 0 aliphatic carbocycles. The number of hydrogen-bond acceptors (Lipinski definition) is 2. The van der Waals surface area contributed by atoms with E-state index in [2.05, 4.69) is 5.32 Å². The van der Waals surface area contributed by atoms with E-state index in [4.69, 9.17) is 0 Å². The smallest absolute Gasteiger partial charge is 0.255 e. The first kappa shape index (κ1) is 15.9. The standard InChI is InChI=1S/C17H17F2NO2/c1-2-3-8-20-17(22)13-9-11(5-7-16(13)21)12-4-6-14(18)15(19)10-12/h4-7,9-10,21H,2-3,8H2,1H3,(H,20,22). The maximum absolute atomic E-state index is 13.3. The van der Waals surface area contributed by atoms with Gasteiger partial charge in [0.05, 0.1) is 5.56 Å². The Bertz CT molecular complexity index is 686. The quantitative estimate of drug-likeness (QED) is 0.824. The fourth-order valence-electron chi connectivity index (χ4n) is 2.05. The number of carbonyl (C=O) groups excluding carboxylic acids is 1. The molecule has 0 atom stereocenters. The Morgan fingerprint density at radius 3 is 2.45 bits per heavy atom. The highest BCUT2D eigenvalue weighted by molar-refractivity contribution is 5.98. The van der Waals surface area contributed by atoms with E-state index in [1.165, 1.54) is 18.2 Å². The molecular formula is C17H17F2NO2. The van der Waals surface area contributed by atoms with E-state index in [1.807, 2.05) is 6.92 Å². The highest BCUT2D eigenvalue weighted by Crippen LogP contribution is 2.27. The molecule has 0 unspecified atom stereocenters. The molecule has 2 aromatic rings. The van der Waals surface area contributed by atoms with Crippen LogP contribution in [0.1, 0.15) is 30.1 Å². The van der Waals surface area contributed by atoms with Crippen molar-refractivity contribution in [2.24, 2.45) is 0 Å². The molecule has 0 saturated heterocycles. The van der Waals surface area contributed by atoms with Gasteiger partial charge in [-0.25, -0.2) is 8.78 Å².